The van der Waals surface area contributed by atoms with E-state index in [1.807, 2.05) is 0 Å². The molecule has 7 nitrogen and oxygen atoms in total. The number of anilines is 1. The Labute approximate surface area is 146 Å². The molecule has 0 aliphatic carbocycles. The van der Waals surface area contributed by atoms with Crippen molar-refractivity contribution in [2.24, 2.45) is 0 Å². The van der Waals surface area contributed by atoms with E-state index < -0.39 is 68.9 Å². The molecule has 0 bridgehead atoms. The zero-order valence-corrected chi connectivity index (χ0v) is 13.1. The molecule has 0 unspecified atom stereocenters. The van der Waals surface area contributed by atoms with Gasteiger partial charge in [-0.25, -0.2) is 13.4 Å². The monoisotopic (exact) mass is 358 g/mol. The van der Waals surface area contributed by atoms with Gasteiger partial charge in [0.15, 0.2) is 16.6 Å². The first-order valence-corrected chi connectivity index (χ1v) is 8.25. The van der Waals surface area contributed by atoms with Crippen molar-refractivity contribution in [1.29, 1.82) is 0 Å². The fourth-order valence-electron chi connectivity index (χ4n) is 1.92. The summed E-state index contributed by atoms with van der Waals surface area (Å²) in [5.74, 6) is -2.14. The van der Waals surface area contributed by atoms with Gasteiger partial charge in [-0.1, -0.05) is 12.1 Å². The van der Waals surface area contributed by atoms with Gasteiger partial charge in [0, 0.05) is 27.8 Å². The van der Waals surface area contributed by atoms with E-state index in [-0.39, 0.29) is 10.0 Å². The number of hydrogen-bond acceptors (Lipinski definition) is 6. The van der Waals surface area contributed by atoms with Crippen molar-refractivity contribution in [3.63, 3.8) is 0 Å². The molecule has 120 valence electrons. The van der Waals surface area contributed by atoms with Crippen LogP contribution in [0.4, 0.5) is 5.13 Å². The second-order valence-corrected chi connectivity index (χ2v) is 7.29. The molecule has 0 atom stereocenters. The van der Waals surface area contributed by atoms with Crippen LogP contribution in [0, 0.1) is 6.85 Å². The third-order valence-electron chi connectivity index (χ3n) is 2.99. The molecule has 2 N–H and O–H groups in total. The van der Waals surface area contributed by atoms with Gasteiger partial charge in [-0.15, -0.1) is 11.3 Å². The van der Waals surface area contributed by atoms with E-state index in [9.17, 15) is 18.3 Å². The quantitative estimate of drug-likeness (QED) is 0.855. The highest BCUT2D eigenvalue weighted by molar-refractivity contribution is 7.89. The molecule has 1 aromatic carbocycles. The molecular formula is C14H13N3O4S2. The Bertz CT molecular complexity index is 1220. The minimum Gasteiger partial charge on any atom is -0.505 e. The van der Waals surface area contributed by atoms with Crippen LogP contribution in [0.2, 0.25) is 0 Å². The highest BCUT2D eigenvalue weighted by Crippen LogP contribution is 2.34. The minimum absolute atomic E-state index is 0.125. The molecule has 0 saturated heterocycles. The van der Waals surface area contributed by atoms with Crippen LogP contribution < -0.4 is 5.32 Å². The number of carbonyl (C=O) groups is 1. The molecule has 23 heavy (non-hydrogen) atoms. The summed E-state index contributed by atoms with van der Waals surface area (Å²) in [5, 5.41) is 12.6. The van der Waals surface area contributed by atoms with Crippen LogP contribution in [0.15, 0.2) is 41.0 Å². The summed E-state index contributed by atoms with van der Waals surface area (Å²) in [7, 11) is -3.68. The summed E-state index contributed by atoms with van der Waals surface area (Å²) < 4.78 is 79.2. The van der Waals surface area contributed by atoms with Gasteiger partial charge in [0.05, 0.1) is 10.4 Å². The zero-order chi connectivity index (χ0) is 22.8. The third kappa shape index (κ3) is 2.47. The number of nitrogens with zero attached hydrogens (tertiary/aromatic N) is 2. The van der Waals surface area contributed by atoms with Crippen molar-refractivity contribution in [2.45, 2.75) is 11.7 Å². The topological polar surface area (TPSA) is 99.6 Å². The summed E-state index contributed by atoms with van der Waals surface area (Å²) in [5.41, 5.74) is -1.54. The van der Waals surface area contributed by atoms with Crippen LogP contribution in [0.25, 0.3) is 5.76 Å². The maximum atomic E-state index is 12.9. The number of carbonyl (C=O) groups excluding carboxylic acids is 1. The van der Waals surface area contributed by atoms with Crippen LogP contribution in [-0.2, 0) is 14.8 Å². The van der Waals surface area contributed by atoms with E-state index >= 15 is 0 Å². The molecule has 0 fully saturated rings. The second kappa shape index (κ2) is 5.36. The SMILES string of the molecule is [2H]c1c([2H])c([2H])c2c(c1[2H])C(O)=C(C(=O)Nc1ncc(C([2H])([2H])[2H])s1)N(C)S2(=O)=O. The molecule has 1 aliphatic rings. The molecule has 2 heterocycles. The number of amides is 1. The smallest absolute Gasteiger partial charge is 0.278 e. The fraction of sp³-hybridized carbons (Fsp3) is 0.143. The normalized spacial score (nSPS) is 21.1. The number of aliphatic hydroxyl groups excluding tert-OH is 1. The molecule has 3 rings (SSSR count). The minimum atomic E-state index is -4.61. The number of likely N-dealkylation sites (N-methyl/N-ethyl adjacent to an activating group) is 1. The summed E-state index contributed by atoms with van der Waals surface area (Å²) in [4.78, 5) is 15.4. The molecule has 0 radical (unpaired) electrons. The zero-order valence-electron chi connectivity index (χ0n) is 18.5. The summed E-state index contributed by atoms with van der Waals surface area (Å²) >= 11 is 0.631. The number of sulfonamides is 1. The first kappa shape index (κ1) is 9.04. The largest absolute Gasteiger partial charge is 0.505 e. The number of thiazole rings is 1. The maximum Gasteiger partial charge on any atom is 0.278 e. The van der Waals surface area contributed by atoms with Gasteiger partial charge in [-0.3, -0.25) is 14.4 Å². The molecule has 0 spiro atoms. The van der Waals surface area contributed by atoms with E-state index in [1.165, 1.54) is 0 Å². The van der Waals surface area contributed by atoms with E-state index in [0.717, 1.165) is 13.2 Å². The number of fused-ring (bicyclic) bond motifs is 1. The van der Waals surface area contributed by atoms with Gasteiger partial charge in [0.2, 0.25) is 0 Å². The predicted octanol–water partition coefficient (Wildman–Crippen LogP) is 1.95. The molecule has 1 amide bonds. The summed E-state index contributed by atoms with van der Waals surface area (Å²) in [6, 6.07) is -3.31. The third-order valence-corrected chi connectivity index (χ3v) is 5.44. The molecule has 1 aliphatic heterocycles. The van der Waals surface area contributed by atoms with E-state index in [4.69, 9.17) is 9.60 Å². The molecule has 9 heteroatoms. The number of aryl methyl sites for hydroxylation is 1. The van der Waals surface area contributed by atoms with Crippen LogP contribution in [0.5, 0.6) is 0 Å². The maximum absolute atomic E-state index is 12.9. The van der Waals surface area contributed by atoms with E-state index in [0.29, 0.717) is 15.6 Å². The van der Waals surface area contributed by atoms with Crippen molar-refractivity contribution in [1.82, 2.24) is 9.29 Å². The Morgan fingerprint density at radius 2 is 2.22 bits per heavy atom. The molecule has 2 aromatic rings. The number of nitrogens with one attached hydrogen (secondary N) is 1. The average molecular weight is 358 g/mol. The van der Waals surface area contributed by atoms with Crippen molar-refractivity contribution in [3.05, 3.63) is 46.5 Å². The Morgan fingerprint density at radius 1 is 1.48 bits per heavy atom. The Hall–Kier alpha value is -2.39. The molecular weight excluding hydrogens is 338 g/mol. The van der Waals surface area contributed by atoms with Gasteiger partial charge in [-0.2, -0.15) is 0 Å². The van der Waals surface area contributed by atoms with Crippen LogP contribution >= 0.6 is 11.3 Å². The van der Waals surface area contributed by atoms with Gasteiger partial charge in [0.25, 0.3) is 15.9 Å². The van der Waals surface area contributed by atoms with E-state index in [2.05, 4.69) is 10.3 Å². The number of aliphatic hydroxyl groups is 1. The first-order chi connectivity index (χ1) is 13.7. The molecule has 1 aromatic heterocycles. The number of benzene rings is 1. The lowest BCUT2D eigenvalue weighted by atomic mass is 10.1. The highest BCUT2D eigenvalue weighted by atomic mass is 32.2. The first-order valence-electron chi connectivity index (χ1n) is 9.50. The lowest BCUT2D eigenvalue weighted by Crippen LogP contribution is -2.37. The highest BCUT2D eigenvalue weighted by Gasteiger charge is 2.37. The predicted molar refractivity (Wildman–Crippen MR) is 86.4 cm³/mol. The van der Waals surface area contributed by atoms with E-state index in [1.54, 1.807) is 0 Å². The standard InChI is InChI=1S/C14H13N3O4S2/c1-8-7-15-14(22-8)16-13(19)11-12(18)9-5-3-4-6-10(9)23(20,21)17(11)2/h3-7,18H,1-2H3,(H,15,16,19)/i1D3,3D,4D,5D,6D. The van der Waals surface area contributed by atoms with Crippen LogP contribution in [0.3, 0.4) is 0 Å². The van der Waals surface area contributed by atoms with Gasteiger partial charge in [0.1, 0.15) is 0 Å². The number of rotatable bonds is 2. The van der Waals surface area contributed by atoms with Crippen molar-refractivity contribution in [3.8, 4) is 0 Å². The van der Waals surface area contributed by atoms with Crippen molar-refractivity contribution in [2.75, 3.05) is 12.4 Å². The summed E-state index contributed by atoms with van der Waals surface area (Å²) in [6.45, 7) is -2.46. The molecule has 0 saturated carbocycles. The Morgan fingerprint density at radius 3 is 2.91 bits per heavy atom. The van der Waals surface area contributed by atoms with Crippen LogP contribution in [-0.4, -0.2) is 35.8 Å². The number of hydrogen-bond donors (Lipinski definition) is 2. The van der Waals surface area contributed by atoms with Crippen molar-refractivity contribution >= 4 is 38.2 Å². The van der Waals surface area contributed by atoms with Gasteiger partial charge < -0.3 is 5.11 Å². The van der Waals surface area contributed by atoms with Gasteiger partial charge in [-0.05, 0) is 18.9 Å². The Balaban J connectivity index is 2.16. The van der Waals surface area contributed by atoms with Crippen molar-refractivity contribution < 1.29 is 27.9 Å². The fourth-order valence-corrected chi connectivity index (χ4v) is 3.76. The summed E-state index contributed by atoms with van der Waals surface area (Å²) in [6.07, 6.45) is 1.02. The van der Waals surface area contributed by atoms with Gasteiger partial charge >= 0.3 is 0 Å². The van der Waals surface area contributed by atoms with Crippen LogP contribution in [0.1, 0.15) is 20.0 Å². The number of aromatic nitrogens is 1. The lowest BCUT2D eigenvalue weighted by Gasteiger charge is -2.28. The second-order valence-electron chi connectivity index (χ2n) is 4.36. The Kier molecular flexibility index (Phi) is 2.11. The average Bonchev–Trinajstić information content (AvgIpc) is 3.10. The lowest BCUT2D eigenvalue weighted by molar-refractivity contribution is -0.113.